The molecule has 0 saturated carbocycles. The van der Waals surface area contributed by atoms with Crippen LogP contribution in [0.25, 0.3) is 6.08 Å². The van der Waals surface area contributed by atoms with E-state index in [0.717, 1.165) is 65.4 Å². The number of hydrogen-bond donors (Lipinski definition) is 0. The van der Waals surface area contributed by atoms with Crippen molar-refractivity contribution >= 4 is 17.5 Å². The van der Waals surface area contributed by atoms with Crippen LogP contribution in [0.5, 0.6) is 0 Å². The molecule has 0 N–H and O–H groups in total. The number of allylic oxidation sites excluding steroid dienone is 7. The van der Waals surface area contributed by atoms with Gasteiger partial charge in [-0.2, -0.15) is 0 Å². The van der Waals surface area contributed by atoms with Crippen LogP contribution in [-0.4, -0.2) is 62.9 Å². The Balaban J connectivity index is 1.49. The average Bonchev–Trinajstić information content (AvgIpc) is 3.34. The van der Waals surface area contributed by atoms with Crippen molar-refractivity contribution in [2.45, 2.75) is 33.6 Å². The highest BCUT2D eigenvalue weighted by atomic mass is 16.5. The summed E-state index contributed by atoms with van der Waals surface area (Å²) in [4.78, 5) is 2.40. The van der Waals surface area contributed by atoms with Crippen LogP contribution in [0.4, 0.5) is 5.69 Å². The Labute approximate surface area is 199 Å². The molecule has 3 aliphatic rings. The van der Waals surface area contributed by atoms with Crippen LogP contribution < -0.4 is 4.90 Å². The smallest absolute Gasteiger partial charge is 0.172 e. The molecule has 2 heterocycles. The van der Waals surface area contributed by atoms with Crippen LogP contribution in [0.15, 0.2) is 65.8 Å². The van der Waals surface area contributed by atoms with Crippen LogP contribution in [0.2, 0.25) is 0 Å². The molecule has 0 radical (unpaired) electrons. The zero-order valence-electron chi connectivity index (χ0n) is 20.6. The fraction of sp³-hybridized carbons (Fsp3) is 0.483. The van der Waals surface area contributed by atoms with Gasteiger partial charge in [-0.15, -0.1) is 0 Å². The lowest BCUT2D eigenvalue weighted by atomic mass is 9.80. The van der Waals surface area contributed by atoms with Gasteiger partial charge in [-0.3, -0.25) is 0 Å². The van der Waals surface area contributed by atoms with Gasteiger partial charge in [-0.25, -0.2) is 4.58 Å². The molecule has 1 unspecified atom stereocenters. The summed E-state index contributed by atoms with van der Waals surface area (Å²) in [5, 5.41) is 0. The summed E-state index contributed by atoms with van der Waals surface area (Å²) in [6, 6.07) is 8.98. The first-order valence-corrected chi connectivity index (χ1v) is 12.4. The van der Waals surface area contributed by atoms with Crippen LogP contribution >= 0.6 is 0 Å². The second-order valence-corrected chi connectivity index (χ2v) is 9.44. The first kappa shape index (κ1) is 23.7. The summed E-state index contributed by atoms with van der Waals surface area (Å²) in [5.74, 6) is 0. The Bertz CT molecular complexity index is 954. The molecule has 4 nitrogen and oxygen atoms in total. The molecule has 4 rings (SSSR count). The third-order valence-electron chi connectivity index (χ3n) is 7.05. The Kier molecular flexibility index (Phi) is 8.00. The van der Waals surface area contributed by atoms with Crippen molar-refractivity contribution < 1.29 is 14.0 Å². The van der Waals surface area contributed by atoms with Crippen molar-refractivity contribution in [1.82, 2.24) is 0 Å². The number of hydrogen-bond acceptors (Lipinski definition) is 3. The molecule has 0 amide bonds. The highest BCUT2D eigenvalue weighted by Gasteiger charge is 2.26. The molecule has 1 aliphatic carbocycles. The van der Waals surface area contributed by atoms with Gasteiger partial charge in [0.15, 0.2) is 18.8 Å². The molecule has 0 bridgehead atoms. The molecule has 0 aromatic heterocycles. The maximum Gasteiger partial charge on any atom is 0.172 e. The van der Waals surface area contributed by atoms with Gasteiger partial charge in [0.2, 0.25) is 0 Å². The maximum atomic E-state index is 5.50. The lowest BCUT2D eigenvalue weighted by molar-refractivity contribution is -0.548. The fourth-order valence-electron chi connectivity index (χ4n) is 4.93. The quantitative estimate of drug-likeness (QED) is 0.439. The number of benzene rings is 1. The van der Waals surface area contributed by atoms with Gasteiger partial charge in [0.25, 0.3) is 0 Å². The number of morpholine rings is 2. The topological polar surface area (TPSA) is 24.7 Å². The van der Waals surface area contributed by atoms with Gasteiger partial charge >= 0.3 is 0 Å². The van der Waals surface area contributed by atoms with Crippen molar-refractivity contribution in [2.24, 2.45) is 5.41 Å². The largest absolute Gasteiger partial charge is 0.378 e. The molecule has 1 atom stereocenters. The van der Waals surface area contributed by atoms with Crippen molar-refractivity contribution in [3.05, 3.63) is 71.4 Å². The summed E-state index contributed by atoms with van der Waals surface area (Å²) in [6.45, 7) is 13.9. The van der Waals surface area contributed by atoms with Gasteiger partial charge < -0.3 is 14.4 Å². The van der Waals surface area contributed by atoms with E-state index in [1.165, 1.54) is 28.1 Å². The van der Waals surface area contributed by atoms with Gasteiger partial charge in [0, 0.05) is 37.2 Å². The number of rotatable bonds is 6. The lowest BCUT2D eigenvalue weighted by Gasteiger charge is -2.28. The van der Waals surface area contributed by atoms with E-state index in [-0.39, 0.29) is 5.41 Å². The number of nitrogens with zero attached hydrogens (tertiary/aromatic N) is 2. The number of ether oxygens (including phenoxy) is 2. The van der Waals surface area contributed by atoms with Crippen LogP contribution in [0.1, 0.15) is 39.2 Å². The SMILES string of the molecule is C/C=C\C(C)(/C=C\C(C)=[N+]1CCOCC1)C1=C/C(=C/c2ccc(N3CCOCC3)cc2)CC1. The Morgan fingerprint density at radius 2 is 1.67 bits per heavy atom. The van der Waals surface area contributed by atoms with Crippen molar-refractivity contribution in [3.63, 3.8) is 0 Å². The minimum Gasteiger partial charge on any atom is -0.378 e. The molecule has 2 saturated heterocycles. The molecule has 2 fully saturated rings. The number of anilines is 1. The van der Waals surface area contributed by atoms with Crippen LogP contribution in [0.3, 0.4) is 0 Å². The van der Waals surface area contributed by atoms with E-state index >= 15 is 0 Å². The third-order valence-corrected chi connectivity index (χ3v) is 7.05. The zero-order valence-corrected chi connectivity index (χ0v) is 20.6. The molecule has 2 aliphatic heterocycles. The van der Waals surface area contributed by atoms with Crippen molar-refractivity contribution in [3.8, 4) is 0 Å². The van der Waals surface area contributed by atoms with Gasteiger partial charge in [-0.05, 0) is 50.0 Å². The maximum absolute atomic E-state index is 5.50. The molecule has 1 aromatic carbocycles. The predicted molar refractivity (Wildman–Crippen MR) is 138 cm³/mol. The van der Waals surface area contributed by atoms with E-state index in [0.29, 0.717) is 0 Å². The van der Waals surface area contributed by atoms with E-state index in [1.54, 1.807) is 0 Å². The fourth-order valence-corrected chi connectivity index (χ4v) is 4.93. The van der Waals surface area contributed by atoms with E-state index in [2.05, 4.69) is 91.0 Å². The monoisotopic (exact) mass is 447 g/mol. The molecule has 4 heteroatoms. The summed E-state index contributed by atoms with van der Waals surface area (Å²) < 4.78 is 13.4. The van der Waals surface area contributed by atoms with Crippen LogP contribution in [-0.2, 0) is 9.47 Å². The van der Waals surface area contributed by atoms with Crippen molar-refractivity contribution in [1.29, 1.82) is 0 Å². The van der Waals surface area contributed by atoms with E-state index in [9.17, 15) is 0 Å². The zero-order chi connectivity index (χ0) is 23.1. The minimum absolute atomic E-state index is 0.0575. The molecule has 33 heavy (non-hydrogen) atoms. The first-order valence-electron chi connectivity index (χ1n) is 12.4. The molecule has 1 aromatic rings. The summed E-state index contributed by atoms with van der Waals surface area (Å²) in [6.07, 6.45) is 16.2. The standard InChI is InChI=1S/C29H39N2O2/c1-4-12-29(3,13-11-24(2)30-14-18-32-19-15-30)27-8-5-26(23-27)22-25-6-9-28(10-7-25)31-16-20-33-21-17-31/h4,6-7,9-13,22-23H,5,8,14-21H2,1-3H3/q+1/b12-4-,13-11-,26-22+. The highest BCUT2D eigenvalue weighted by Crippen LogP contribution is 2.40. The van der Waals surface area contributed by atoms with Gasteiger partial charge in [0.05, 0.1) is 13.2 Å². The van der Waals surface area contributed by atoms with Gasteiger partial charge in [-0.1, -0.05) is 48.1 Å². The van der Waals surface area contributed by atoms with Gasteiger partial charge in [0.1, 0.15) is 13.2 Å². The predicted octanol–water partition coefficient (Wildman–Crippen LogP) is 5.27. The van der Waals surface area contributed by atoms with E-state index in [1.807, 2.05) is 0 Å². The minimum atomic E-state index is -0.0575. The molecule has 176 valence electrons. The first-order chi connectivity index (χ1) is 16.1. The Morgan fingerprint density at radius 3 is 2.36 bits per heavy atom. The van der Waals surface area contributed by atoms with E-state index in [4.69, 9.17) is 9.47 Å². The van der Waals surface area contributed by atoms with Crippen molar-refractivity contribution in [2.75, 3.05) is 57.5 Å². The highest BCUT2D eigenvalue weighted by molar-refractivity contribution is 5.88. The Hall–Kier alpha value is -2.43. The summed E-state index contributed by atoms with van der Waals surface area (Å²) in [5.41, 5.74) is 6.74. The average molecular weight is 448 g/mol. The van der Waals surface area contributed by atoms with Crippen LogP contribution in [0, 0.1) is 5.41 Å². The van der Waals surface area contributed by atoms with E-state index < -0.39 is 0 Å². The molecular weight excluding hydrogens is 408 g/mol. The Morgan fingerprint density at radius 1 is 0.970 bits per heavy atom. The third kappa shape index (κ3) is 6.13. The second-order valence-electron chi connectivity index (χ2n) is 9.44. The second kappa shape index (κ2) is 11.1. The lowest BCUT2D eigenvalue weighted by Crippen LogP contribution is -2.36. The summed E-state index contributed by atoms with van der Waals surface area (Å²) >= 11 is 0. The summed E-state index contributed by atoms with van der Waals surface area (Å²) in [7, 11) is 0. The molecule has 0 spiro atoms. The normalized spacial score (nSPS) is 22.9. The molecular formula is C29H39N2O2+.